The number of hydrogen-bond acceptors (Lipinski definition) is 4. The van der Waals surface area contributed by atoms with Gasteiger partial charge in [0.15, 0.2) is 5.13 Å². The molecule has 2 aromatic rings. The highest BCUT2D eigenvalue weighted by Crippen LogP contribution is 2.24. The van der Waals surface area contributed by atoms with Crippen LogP contribution in [0.1, 0.15) is 26.3 Å². The minimum absolute atomic E-state index is 0.141. The lowest BCUT2D eigenvalue weighted by Crippen LogP contribution is -2.35. The van der Waals surface area contributed by atoms with E-state index in [4.69, 9.17) is 5.73 Å². The lowest BCUT2D eigenvalue weighted by molar-refractivity contribution is 0.424. The molecule has 86 valence electrons. The molecule has 16 heavy (non-hydrogen) atoms. The molecule has 0 spiro atoms. The molecule has 3 nitrogen and oxygen atoms in total. The van der Waals surface area contributed by atoms with Crippen LogP contribution in [0.5, 0.6) is 0 Å². The maximum Gasteiger partial charge on any atom is 0.181 e. The van der Waals surface area contributed by atoms with Crippen LogP contribution >= 0.6 is 11.3 Å². The average Bonchev–Trinajstić information content (AvgIpc) is 2.52. The summed E-state index contributed by atoms with van der Waals surface area (Å²) in [6.07, 6.45) is 0. The van der Waals surface area contributed by atoms with Gasteiger partial charge >= 0.3 is 0 Å². The van der Waals surface area contributed by atoms with Crippen LogP contribution in [-0.2, 0) is 6.54 Å². The zero-order valence-electron chi connectivity index (χ0n) is 9.87. The number of thiazole rings is 1. The van der Waals surface area contributed by atoms with Crippen LogP contribution in [0.4, 0.5) is 5.13 Å². The van der Waals surface area contributed by atoms with Crippen molar-refractivity contribution in [2.45, 2.75) is 32.9 Å². The minimum atomic E-state index is 0.141. The fourth-order valence-corrected chi connectivity index (χ4v) is 2.26. The van der Waals surface area contributed by atoms with E-state index in [1.54, 1.807) is 0 Å². The van der Waals surface area contributed by atoms with E-state index >= 15 is 0 Å². The van der Waals surface area contributed by atoms with Gasteiger partial charge in [-0.2, -0.15) is 0 Å². The van der Waals surface area contributed by atoms with E-state index in [0.717, 1.165) is 16.8 Å². The summed E-state index contributed by atoms with van der Waals surface area (Å²) < 4.78 is 1.16. The van der Waals surface area contributed by atoms with Crippen molar-refractivity contribution in [3.63, 3.8) is 0 Å². The third-order valence-corrected chi connectivity index (χ3v) is 3.14. The third-order valence-electron chi connectivity index (χ3n) is 2.29. The number of fused-ring (bicyclic) bond motifs is 1. The van der Waals surface area contributed by atoms with Crippen LogP contribution < -0.4 is 11.1 Å². The Balaban J connectivity index is 2.19. The van der Waals surface area contributed by atoms with E-state index in [2.05, 4.69) is 43.2 Å². The van der Waals surface area contributed by atoms with E-state index in [-0.39, 0.29) is 5.54 Å². The molecule has 0 aliphatic carbocycles. The molecule has 0 radical (unpaired) electrons. The molecule has 0 aliphatic rings. The molecule has 0 bridgehead atoms. The van der Waals surface area contributed by atoms with E-state index in [9.17, 15) is 0 Å². The molecular formula is C12H17N3S. The summed E-state index contributed by atoms with van der Waals surface area (Å²) in [6, 6.07) is 6.28. The fourth-order valence-electron chi connectivity index (χ4n) is 1.46. The van der Waals surface area contributed by atoms with E-state index in [0.29, 0.717) is 5.13 Å². The molecular weight excluding hydrogens is 218 g/mol. The van der Waals surface area contributed by atoms with Gasteiger partial charge in [-0.3, -0.25) is 0 Å². The van der Waals surface area contributed by atoms with Gasteiger partial charge in [-0.05, 0) is 38.5 Å². The van der Waals surface area contributed by atoms with Gasteiger partial charge in [-0.1, -0.05) is 17.4 Å². The third kappa shape index (κ3) is 2.71. The van der Waals surface area contributed by atoms with Gasteiger partial charge in [0.2, 0.25) is 0 Å². The Morgan fingerprint density at radius 1 is 1.38 bits per heavy atom. The number of nitrogens with two attached hydrogens (primary N) is 1. The normalized spacial score (nSPS) is 12.2. The molecule has 2 rings (SSSR count). The van der Waals surface area contributed by atoms with Crippen LogP contribution in [0.3, 0.4) is 0 Å². The summed E-state index contributed by atoms with van der Waals surface area (Å²) in [5, 5.41) is 4.10. The number of nitrogens with one attached hydrogen (secondary N) is 1. The van der Waals surface area contributed by atoms with Gasteiger partial charge in [0.05, 0.1) is 10.2 Å². The van der Waals surface area contributed by atoms with Crippen molar-refractivity contribution < 1.29 is 0 Å². The fraction of sp³-hybridized carbons (Fsp3) is 0.417. The van der Waals surface area contributed by atoms with Crippen LogP contribution in [0.2, 0.25) is 0 Å². The Bertz CT molecular complexity index is 496. The second kappa shape index (κ2) is 4.03. The van der Waals surface area contributed by atoms with E-state index < -0.39 is 0 Å². The Morgan fingerprint density at radius 2 is 2.12 bits per heavy atom. The molecule has 0 saturated carbocycles. The van der Waals surface area contributed by atoms with Gasteiger partial charge in [-0.25, -0.2) is 4.98 Å². The number of nitrogen functional groups attached to an aromatic ring is 1. The SMILES string of the molecule is CC(C)(C)NCc1ccc2nc(N)sc2c1. The Kier molecular flexibility index (Phi) is 2.86. The summed E-state index contributed by atoms with van der Waals surface area (Å²) in [5.74, 6) is 0. The molecule has 0 unspecified atom stereocenters. The zero-order valence-corrected chi connectivity index (χ0v) is 10.7. The molecule has 0 saturated heterocycles. The van der Waals surface area contributed by atoms with Crippen molar-refractivity contribution in [3.8, 4) is 0 Å². The van der Waals surface area contributed by atoms with Gasteiger partial charge in [0.25, 0.3) is 0 Å². The molecule has 1 aromatic carbocycles. The lowest BCUT2D eigenvalue weighted by atomic mass is 10.1. The highest BCUT2D eigenvalue weighted by Gasteiger charge is 2.09. The largest absolute Gasteiger partial charge is 0.375 e. The molecule has 0 aliphatic heterocycles. The average molecular weight is 235 g/mol. The number of hydrogen-bond donors (Lipinski definition) is 2. The molecule has 3 N–H and O–H groups in total. The molecule has 0 amide bonds. The smallest absolute Gasteiger partial charge is 0.181 e. The lowest BCUT2D eigenvalue weighted by Gasteiger charge is -2.20. The number of benzene rings is 1. The highest BCUT2D eigenvalue weighted by molar-refractivity contribution is 7.22. The monoisotopic (exact) mass is 235 g/mol. The second-order valence-corrected chi connectivity index (χ2v) is 6.02. The zero-order chi connectivity index (χ0) is 11.8. The predicted molar refractivity (Wildman–Crippen MR) is 70.6 cm³/mol. The predicted octanol–water partition coefficient (Wildman–Crippen LogP) is 2.77. The summed E-state index contributed by atoms with van der Waals surface area (Å²) in [4.78, 5) is 4.24. The molecule has 0 fully saturated rings. The Labute approximate surface area is 99.7 Å². The van der Waals surface area contributed by atoms with E-state index in [1.807, 2.05) is 6.07 Å². The Morgan fingerprint density at radius 3 is 2.81 bits per heavy atom. The molecule has 4 heteroatoms. The quantitative estimate of drug-likeness (QED) is 0.841. The maximum atomic E-state index is 5.68. The summed E-state index contributed by atoms with van der Waals surface area (Å²) in [5.41, 5.74) is 8.07. The van der Waals surface area contributed by atoms with Crippen molar-refractivity contribution >= 4 is 26.7 Å². The number of aromatic nitrogens is 1. The topological polar surface area (TPSA) is 50.9 Å². The summed E-state index contributed by atoms with van der Waals surface area (Å²) in [7, 11) is 0. The number of rotatable bonds is 2. The van der Waals surface area contributed by atoms with Crippen molar-refractivity contribution in [2.24, 2.45) is 0 Å². The van der Waals surface area contributed by atoms with Crippen LogP contribution in [0, 0.1) is 0 Å². The summed E-state index contributed by atoms with van der Waals surface area (Å²) in [6.45, 7) is 7.36. The number of nitrogens with zero attached hydrogens (tertiary/aromatic N) is 1. The standard InChI is InChI=1S/C12H17N3S/c1-12(2,3)14-7-8-4-5-9-10(6-8)16-11(13)15-9/h4-6,14H,7H2,1-3H3,(H2,13,15). The first-order valence-corrected chi connectivity index (χ1v) is 6.16. The van der Waals surface area contributed by atoms with Crippen LogP contribution in [0.15, 0.2) is 18.2 Å². The Hall–Kier alpha value is -1.13. The van der Waals surface area contributed by atoms with Crippen molar-refractivity contribution in [1.82, 2.24) is 10.3 Å². The minimum Gasteiger partial charge on any atom is -0.375 e. The number of anilines is 1. The van der Waals surface area contributed by atoms with Gasteiger partial charge in [0.1, 0.15) is 0 Å². The molecule has 1 aromatic heterocycles. The first-order chi connectivity index (χ1) is 7.44. The van der Waals surface area contributed by atoms with Crippen molar-refractivity contribution in [2.75, 3.05) is 5.73 Å². The first kappa shape index (κ1) is 11.4. The summed E-state index contributed by atoms with van der Waals surface area (Å²) >= 11 is 1.54. The molecule has 0 atom stereocenters. The van der Waals surface area contributed by atoms with E-state index in [1.165, 1.54) is 16.9 Å². The van der Waals surface area contributed by atoms with Crippen LogP contribution in [0.25, 0.3) is 10.2 Å². The van der Waals surface area contributed by atoms with Crippen molar-refractivity contribution in [1.29, 1.82) is 0 Å². The van der Waals surface area contributed by atoms with Gasteiger partial charge in [-0.15, -0.1) is 0 Å². The van der Waals surface area contributed by atoms with Gasteiger partial charge in [0, 0.05) is 12.1 Å². The second-order valence-electron chi connectivity index (χ2n) is 4.96. The first-order valence-electron chi connectivity index (χ1n) is 5.34. The van der Waals surface area contributed by atoms with Gasteiger partial charge < -0.3 is 11.1 Å². The highest BCUT2D eigenvalue weighted by atomic mass is 32.1. The van der Waals surface area contributed by atoms with Crippen LogP contribution in [-0.4, -0.2) is 10.5 Å². The molecule has 1 heterocycles. The maximum absolute atomic E-state index is 5.68. The van der Waals surface area contributed by atoms with Crippen molar-refractivity contribution in [3.05, 3.63) is 23.8 Å².